The Morgan fingerprint density at radius 1 is 1.23 bits per heavy atom. The van der Waals surface area contributed by atoms with Gasteiger partial charge in [0.1, 0.15) is 0 Å². The van der Waals surface area contributed by atoms with E-state index in [1.807, 2.05) is 0 Å². The van der Waals surface area contributed by atoms with Gasteiger partial charge in [-0.1, -0.05) is 38.8 Å². The topological polar surface area (TPSA) is 47.3 Å². The van der Waals surface area contributed by atoms with Gasteiger partial charge in [-0.3, -0.25) is 0 Å². The van der Waals surface area contributed by atoms with Crippen molar-refractivity contribution in [2.75, 3.05) is 18.5 Å². The van der Waals surface area contributed by atoms with Crippen LogP contribution in [-0.2, 0) is 4.74 Å². The van der Waals surface area contributed by atoms with Gasteiger partial charge in [0.15, 0.2) is 0 Å². The third-order valence-electron chi connectivity index (χ3n) is 3.61. The molecule has 1 aromatic rings. The summed E-state index contributed by atoms with van der Waals surface area (Å²) < 4.78 is 11.1. The van der Waals surface area contributed by atoms with Crippen LogP contribution in [0.1, 0.15) is 78.8 Å². The molecule has 0 bridgehead atoms. The van der Waals surface area contributed by atoms with Crippen LogP contribution in [0.4, 0.5) is 5.88 Å². The van der Waals surface area contributed by atoms with Crippen LogP contribution >= 0.6 is 0 Å². The predicted molar refractivity (Wildman–Crippen MR) is 92.4 cm³/mol. The van der Waals surface area contributed by atoms with Crippen LogP contribution in [0, 0.1) is 5.92 Å². The predicted octanol–water partition coefficient (Wildman–Crippen LogP) is 5.22. The summed E-state index contributed by atoms with van der Waals surface area (Å²) in [6.07, 6.45) is 4.77. The molecule has 1 atom stereocenters. The van der Waals surface area contributed by atoms with Crippen LogP contribution in [-0.4, -0.2) is 23.9 Å². The van der Waals surface area contributed by atoms with Gasteiger partial charge in [0.25, 0.3) is 0 Å². The highest BCUT2D eigenvalue weighted by Gasteiger charge is 2.16. The molecule has 0 fully saturated rings. The number of anilines is 1. The monoisotopic (exact) mass is 310 g/mol. The van der Waals surface area contributed by atoms with Crippen molar-refractivity contribution < 1.29 is 9.26 Å². The Balaban J connectivity index is 2.46. The molecule has 0 saturated carbocycles. The fourth-order valence-corrected chi connectivity index (χ4v) is 2.42. The molecule has 1 unspecified atom stereocenters. The first kappa shape index (κ1) is 19.0. The quantitative estimate of drug-likeness (QED) is 0.602. The van der Waals surface area contributed by atoms with E-state index in [2.05, 4.69) is 58.1 Å². The number of nitrogens with zero attached hydrogens (tertiary/aromatic N) is 1. The molecule has 1 N–H and O–H groups in total. The molecule has 0 radical (unpaired) electrons. The molecular formula is C18H34N2O2. The van der Waals surface area contributed by atoms with Crippen molar-refractivity contribution in [1.29, 1.82) is 0 Å². The minimum absolute atomic E-state index is 0.0999. The lowest BCUT2D eigenvalue weighted by molar-refractivity contribution is 0.00318. The smallest absolute Gasteiger partial charge is 0.224 e. The zero-order valence-electron chi connectivity index (χ0n) is 15.2. The summed E-state index contributed by atoms with van der Waals surface area (Å²) in [4.78, 5) is 0. The molecule has 4 nitrogen and oxygen atoms in total. The molecule has 0 saturated heterocycles. The van der Waals surface area contributed by atoms with Crippen LogP contribution in [0.3, 0.4) is 0 Å². The second-order valence-corrected chi connectivity index (χ2v) is 7.46. The maximum Gasteiger partial charge on any atom is 0.224 e. The summed E-state index contributed by atoms with van der Waals surface area (Å²) in [5, 5.41) is 7.51. The van der Waals surface area contributed by atoms with Crippen molar-refractivity contribution in [2.24, 2.45) is 5.92 Å². The van der Waals surface area contributed by atoms with Gasteiger partial charge in [-0.05, 0) is 39.5 Å². The normalized spacial score (nSPS) is 13.6. The molecule has 1 aromatic heterocycles. The van der Waals surface area contributed by atoms with Crippen LogP contribution in [0.25, 0.3) is 0 Å². The summed E-state index contributed by atoms with van der Waals surface area (Å²) in [6.45, 7) is 14.3. The molecule has 0 aliphatic carbocycles. The van der Waals surface area contributed by atoms with Crippen molar-refractivity contribution in [3.63, 3.8) is 0 Å². The Kier molecular flexibility index (Phi) is 7.94. The van der Waals surface area contributed by atoms with Crippen molar-refractivity contribution >= 4 is 5.88 Å². The molecule has 22 heavy (non-hydrogen) atoms. The lowest BCUT2D eigenvalue weighted by Crippen LogP contribution is -2.23. The summed E-state index contributed by atoms with van der Waals surface area (Å²) in [5.74, 6) is 1.99. The molecular weight excluding hydrogens is 276 g/mol. The first-order valence-corrected chi connectivity index (χ1v) is 8.66. The van der Waals surface area contributed by atoms with Crippen LogP contribution in [0.2, 0.25) is 0 Å². The zero-order chi connectivity index (χ0) is 16.6. The molecule has 0 aliphatic heterocycles. The van der Waals surface area contributed by atoms with E-state index >= 15 is 0 Å². The van der Waals surface area contributed by atoms with Gasteiger partial charge in [0.2, 0.25) is 5.88 Å². The third-order valence-corrected chi connectivity index (χ3v) is 3.61. The molecule has 0 spiro atoms. The number of ether oxygens (including phenoxy) is 1. The summed E-state index contributed by atoms with van der Waals surface area (Å²) in [5.41, 5.74) is 0.985. The Hall–Kier alpha value is -1.03. The highest BCUT2D eigenvalue weighted by Crippen LogP contribution is 2.28. The molecule has 0 aliphatic rings. The van der Waals surface area contributed by atoms with Gasteiger partial charge in [0, 0.05) is 18.5 Å². The van der Waals surface area contributed by atoms with Gasteiger partial charge >= 0.3 is 0 Å². The maximum absolute atomic E-state index is 5.68. The van der Waals surface area contributed by atoms with Gasteiger partial charge in [-0.25, -0.2) is 0 Å². The van der Waals surface area contributed by atoms with E-state index in [-0.39, 0.29) is 5.60 Å². The molecule has 1 heterocycles. The fourth-order valence-electron chi connectivity index (χ4n) is 2.42. The van der Waals surface area contributed by atoms with Crippen LogP contribution in [0.15, 0.2) is 10.6 Å². The Morgan fingerprint density at radius 2 is 1.95 bits per heavy atom. The van der Waals surface area contributed by atoms with Gasteiger partial charge in [-0.2, -0.15) is 0 Å². The minimum atomic E-state index is -0.0999. The number of aromatic nitrogens is 1. The van der Waals surface area contributed by atoms with Gasteiger partial charge < -0.3 is 14.6 Å². The van der Waals surface area contributed by atoms with E-state index in [9.17, 15) is 0 Å². The molecule has 1 rings (SSSR count). The van der Waals surface area contributed by atoms with E-state index in [0.29, 0.717) is 12.5 Å². The highest BCUT2D eigenvalue weighted by atomic mass is 16.5. The number of rotatable bonds is 10. The van der Waals surface area contributed by atoms with Crippen molar-refractivity contribution in [2.45, 2.75) is 78.7 Å². The second-order valence-electron chi connectivity index (χ2n) is 7.46. The standard InChI is InChI=1S/C18H34N2O2/c1-7-8-15(10-9-14(2)3)16-13-17(22-20-16)19-11-12-21-18(4,5)6/h13-15,19H,7-12H2,1-6H3. The van der Waals surface area contributed by atoms with E-state index < -0.39 is 0 Å². The average Bonchev–Trinajstić information content (AvgIpc) is 2.87. The number of hydrogen-bond donors (Lipinski definition) is 1. The highest BCUT2D eigenvalue weighted by molar-refractivity contribution is 5.32. The Morgan fingerprint density at radius 3 is 2.55 bits per heavy atom. The maximum atomic E-state index is 5.68. The summed E-state index contributed by atoms with van der Waals surface area (Å²) in [7, 11) is 0. The molecule has 128 valence electrons. The van der Waals surface area contributed by atoms with E-state index in [1.165, 1.54) is 25.7 Å². The average molecular weight is 310 g/mol. The summed E-state index contributed by atoms with van der Waals surface area (Å²) >= 11 is 0. The largest absolute Gasteiger partial charge is 0.374 e. The first-order valence-electron chi connectivity index (χ1n) is 8.66. The minimum Gasteiger partial charge on any atom is -0.374 e. The SMILES string of the molecule is CCCC(CCC(C)C)c1cc(NCCOC(C)(C)C)on1. The Bertz CT molecular complexity index is 407. The van der Waals surface area contributed by atoms with Crippen molar-refractivity contribution in [3.05, 3.63) is 11.8 Å². The van der Waals surface area contributed by atoms with E-state index in [4.69, 9.17) is 9.26 Å². The van der Waals surface area contributed by atoms with Crippen molar-refractivity contribution in [3.8, 4) is 0 Å². The van der Waals surface area contributed by atoms with E-state index in [0.717, 1.165) is 24.0 Å². The lowest BCUT2D eigenvalue weighted by atomic mass is 9.91. The molecule has 0 amide bonds. The van der Waals surface area contributed by atoms with Gasteiger partial charge in [-0.15, -0.1) is 0 Å². The lowest BCUT2D eigenvalue weighted by Gasteiger charge is -2.19. The zero-order valence-corrected chi connectivity index (χ0v) is 15.2. The number of hydrogen-bond acceptors (Lipinski definition) is 4. The molecule has 0 aromatic carbocycles. The number of nitrogens with one attached hydrogen (secondary N) is 1. The van der Waals surface area contributed by atoms with E-state index in [1.54, 1.807) is 0 Å². The van der Waals surface area contributed by atoms with Crippen LogP contribution < -0.4 is 5.32 Å². The summed E-state index contributed by atoms with van der Waals surface area (Å²) in [6, 6.07) is 2.05. The third kappa shape index (κ3) is 7.83. The van der Waals surface area contributed by atoms with Crippen LogP contribution in [0.5, 0.6) is 0 Å². The first-order chi connectivity index (χ1) is 10.3. The Labute approximate surface area is 136 Å². The second kappa shape index (κ2) is 9.19. The van der Waals surface area contributed by atoms with Gasteiger partial charge in [0.05, 0.1) is 17.9 Å². The van der Waals surface area contributed by atoms with Crippen molar-refractivity contribution in [1.82, 2.24) is 5.16 Å². The molecule has 4 heteroatoms. The fraction of sp³-hybridized carbons (Fsp3) is 0.833.